The lowest BCUT2D eigenvalue weighted by Crippen LogP contribution is -2.53. The van der Waals surface area contributed by atoms with Crippen LogP contribution < -0.4 is 0 Å². The van der Waals surface area contributed by atoms with E-state index in [-0.39, 0.29) is 28.8 Å². The van der Waals surface area contributed by atoms with E-state index in [4.69, 9.17) is 4.74 Å². The lowest BCUT2D eigenvalue weighted by Gasteiger charge is -2.62. The van der Waals surface area contributed by atoms with Gasteiger partial charge in [-0.25, -0.2) is 0 Å². The van der Waals surface area contributed by atoms with Crippen molar-refractivity contribution in [1.29, 1.82) is 0 Å². The monoisotopic (exact) mass is 456 g/mol. The zero-order valence-corrected chi connectivity index (χ0v) is 22.6. The van der Waals surface area contributed by atoms with Crippen LogP contribution >= 0.6 is 0 Å². The van der Waals surface area contributed by atoms with E-state index in [0.29, 0.717) is 23.2 Å². The number of carbonyl (C=O) groups excluding carboxylic acids is 2. The number of aldehydes is 1. The molecule has 0 aromatic carbocycles. The van der Waals surface area contributed by atoms with Gasteiger partial charge in [-0.05, 0) is 96.7 Å². The maximum Gasteiger partial charge on any atom is 0.302 e. The zero-order valence-electron chi connectivity index (χ0n) is 22.6. The van der Waals surface area contributed by atoms with E-state index in [2.05, 4.69) is 48.5 Å². The van der Waals surface area contributed by atoms with Crippen molar-refractivity contribution in [3.63, 3.8) is 0 Å². The molecular formula is C30H48O3. The zero-order chi connectivity index (χ0) is 24.4. The normalized spacial score (nSPS) is 43.7. The number of esters is 1. The van der Waals surface area contributed by atoms with Gasteiger partial charge in [0.05, 0.1) is 0 Å². The Kier molecular flexibility index (Phi) is 6.23. The molecule has 0 aromatic heterocycles. The second-order valence-electron chi connectivity index (χ2n) is 13.5. The van der Waals surface area contributed by atoms with Crippen LogP contribution in [-0.2, 0) is 14.3 Å². The topological polar surface area (TPSA) is 43.4 Å². The summed E-state index contributed by atoms with van der Waals surface area (Å²) in [7, 11) is 0. The molecule has 0 aliphatic heterocycles. The second kappa shape index (κ2) is 8.23. The second-order valence-corrected chi connectivity index (χ2v) is 13.5. The average molecular weight is 457 g/mol. The van der Waals surface area contributed by atoms with E-state index in [9.17, 15) is 9.59 Å². The molecule has 33 heavy (non-hydrogen) atoms. The maximum absolute atomic E-state index is 11.8. The van der Waals surface area contributed by atoms with Crippen LogP contribution in [-0.4, -0.2) is 18.4 Å². The highest BCUT2D eigenvalue weighted by atomic mass is 16.5. The first-order valence-electron chi connectivity index (χ1n) is 13.7. The number of carbonyl (C=O) groups is 2. The maximum atomic E-state index is 11.8. The fourth-order valence-electron chi connectivity index (χ4n) is 9.69. The van der Waals surface area contributed by atoms with Crippen molar-refractivity contribution in [2.75, 3.05) is 0 Å². The van der Waals surface area contributed by atoms with Crippen LogP contribution in [0.1, 0.15) is 113 Å². The standard InChI is InChI=1S/C30H48O3/c1-19-11-15-28(6)23-13-17-29(7)22(20(2)25(14-18-31)33-21(3)32)12-16-30(29,8)24(23)9-10-26(28)27(19,4)5/h18-20,22,25-26H,9-17H2,1-8H3/t19-,20-,22+,25?,26?,28+,29+,30-/m0/s1. The van der Waals surface area contributed by atoms with E-state index in [0.717, 1.165) is 18.1 Å². The van der Waals surface area contributed by atoms with Gasteiger partial charge in [0.25, 0.3) is 0 Å². The Labute approximate surface area is 202 Å². The van der Waals surface area contributed by atoms with E-state index >= 15 is 0 Å². The molecule has 4 rings (SSSR count). The van der Waals surface area contributed by atoms with Gasteiger partial charge in [-0.3, -0.25) is 4.79 Å². The Morgan fingerprint density at radius 1 is 1.03 bits per heavy atom. The molecule has 8 atom stereocenters. The summed E-state index contributed by atoms with van der Waals surface area (Å²) in [6, 6.07) is 0. The van der Waals surface area contributed by atoms with Gasteiger partial charge in [-0.2, -0.15) is 0 Å². The largest absolute Gasteiger partial charge is 0.462 e. The van der Waals surface area contributed by atoms with Crippen LogP contribution in [0.15, 0.2) is 11.1 Å². The molecule has 186 valence electrons. The molecule has 2 saturated carbocycles. The van der Waals surface area contributed by atoms with Crippen molar-refractivity contribution in [2.45, 2.75) is 119 Å². The quantitative estimate of drug-likeness (QED) is 0.244. The minimum absolute atomic E-state index is 0.202. The number of fused-ring (bicyclic) bond motifs is 4. The van der Waals surface area contributed by atoms with Crippen molar-refractivity contribution in [3.8, 4) is 0 Å². The SMILES string of the molecule is CC(=O)OC(CC=O)[C@@H](C)[C@H]1CC[C@@]2(C)C3=C(CC[C@]12C)[C@@]1(C)CC[C@H](C)C(C)(C)C1CC3. The summed E-state index contributed by atoms with van der Waals surface area (Å²) in [6.45, 7) is 18.9. The molecule has 0 bridgehead atoms. The molecule has 0 aromatic rings. The Morgan fingerprint density at radius 2 is 1.73 bits per heavy atom. The molecule has 2 fully saturated rings. The van der Waals surface area contributed by atoms with Gasteiger partial charge in [0.2, 0.25) is 0 Å². The van der Waals surface area contributed by atoms with Crippen molar-refractivity contribution >= 4 is 12.3 Å². The van der Waals surface area contributed by atoms with Gasteiger partial charge in [0.1, 0.15) is 12.4 Å². The molecule has 4 aliphatic carbocycles. The van der Waals surface area contributed by atoms with Crippen molar-refractivity contribution in [2.24, 2.45) is 45.3 Å². The van der Waals surface area contributed by atoms with Crippen LogP contribution in [0.5, 0.6) is 0 Å². The third-order valence-corrected chi connectivity index (χ3v) is 12.2. The van der Waals surface area contributed by atoms with Gasteiger partial charge in [0, 0.05) is 13.3 Å². The summed E-state index contributed by atoms with van der Waals surface area (Å²) in [6.07, 6.45) is 11.1. The fourth-order valence-corrected chi connectivity index (χ4v) is 9.69. The van der Waals surface area contributed by atoms with Crippen molar-refractivity contribution in [3.05, 3.63) is 11.1 Å². The van der Waals surface area contributed by atoms with E-state index < -0.39 is 0 Å². The van der Waals surface area contributed by atoms with Crippen LogP contribution in [0.25, 0.3) is 0 Å². The molecule has 0 radical (unpaired) electrons. The van der Waals surface area contributed by atoms with Gasteiger partial charge in [-0.15, -0.1) is 0 Å². The third kappa shape index (κ3) is 3.49. The Balaban J connectivity index is 1.69. The summed E-state index contributed by atoms with van der Waals surface area (Å²) in [4.78, 5) is 23.1. The first-order chi connectivity index (χ1) is 15.3. The Bertz CT molecular complexity index is 839. The first kappa shape index (κ1) is 25.0. The summed E-state index contributed by atoms with van der Waals surface area (Å²) in [5, 5.41) is 0. The van der Waals surface area contributed by atoms with Crippen LogP contribution in [0.4, 0.5) is 0 Å². The molecule has 0 N–H and O–H groups in total. The number of ether oxygens (including phenoxy) is 1. The third-order valence-electron chi connectivity index (χ3n) is 12.2. The molecule has 3 nitrogen and oxygen atoms in total. The van der Waals surface area contributed by atoms with Gasteiger partial charge in [-0.1, -0.05) is 59.6 Å². The van der Waals surface area contributed by atoms with E-state index in [1.165, 1.54) is 58.3 Å². The predicted octanol–water partition coefficient (Wildman–Crippen LogP) is 7.53. The number of rotatable bonds is 5. The highest BCUT2D eigenvalue weighted by molar-refractivity contribution is 5.66. The minimum atomic E-state index is -0.298. The van der Waals surface area contributed by atoms with Crippen LogP contribution in [0.2, 0.25) is 0 Å². The lowest BCUT2D eigenvalue weighted by atomic mass is 9.42. The van der Waals surface area contributed by atoms with E-state index in [1.54, 1.807) is 5.57 Å². The molecule has 0 saturated heterocycles. The van der Waals surface area contributed by atoms with Gasteiger partial charge < -0.3 is 9.53 Å². The number of allylic oxidation sites excluding steroid dienone is 2. The van der Waals surface area contributed by atoms with Crippen LogP contribution in [0, 0.1) is 45.3 Å². The van der Waals surface area contributed by atoms with Gasteiger partial charge in [0.15, 0.2) is 0 Å². The molecule has 0 heterocycles. The number of hydrogen-bond donors (Lipinski definition) is 0. The smallest absolute Gasteiger partial charge is 0.302 e. The van der Waals surface area contributed by atoms with Crippen LogP contribution in [0.3, 0.4) is 0 Å². The fraction of sp³-hybridized carbons (Fsp3) is 0.867. The first-order valence-corrected chi connectivity index (χ1v) is 13.7. The highest BCUT2D eigenvalue weighted by Gasteiger charge is 2.63. The molecular weight excluding hydrogens is 408 g/mol. The molecule has 3 heteroatoms. The molecule has 4 aliphatic rings. The lowest BCUT2D eigenvalue weighted by molar-refractivity contribution is -0.152. The minimum Gasteiger partial charge on any atom is -0.462 e. The average Bonchev–Trinajstić information content (AvgIpc) is 3.01. The van der Waals surface area contributed by atoms with E-state index in [1.807, 2.05) is 5.57 Å². The summed E-state index contributed by atoms with van der Waals surface area (Å²) >= 11 is 0. The Hall–Kier alpha value is -1.12. The molecule has 0 spiro atoms. The summed E-state index contributed by atoms with van der Waals surface area (Å²) < 4.78 is 5.67. The molecule has 2 unspecified atom stereocenters. The highest BCUT2D eigenvalue weighted by Crippen LogP contribution is 2.72. The summed E-state index contributed by atoms with van der Waals surface area (Å²) in [5.74, 6) is 2.00. The molecule has 0 amide bonds. The van der Waals surface area contributed by atoms with Crippen molar-refractivity contribution in [1.82, 2.24) is 0 Å². The van der Waals surface area contributed by atoms with Gasteiger partial charge >= 0.3 is 5.97 Å². The van der Waals surface area contributed by atoms with Crippen molar-refractivity contribution < 1.29 is 14.3 Å². The number of hydrogen-bond acceptors (Lipinski definition) is 3. The summed E-state index contributed by atoms with van der Waals surface area (Å²) in [5.41, 5.74) is 4.82. The Morgan fingerprint density at radius 3 is 2.36 bits per heavy atom. The predicted molar refractivity (Wildman–Crippen MR) is 134 cm³/mol.